The molecule has 544 valence electrons. The summed E-state index contributed by atoms with van der Waals surface area (Å²) in [6.45, 7) is 19.6. The molecule has 0 atom stereocenters. The highest BCUT2D eigenvalue weighted by atomic mass is 15.1. The maximum absolute atomic E-state index is 4.67. The molecule has 15 aromatic carbocycles. The van der Waals surface area contributed by atoms with Crippen molar-refractivity contribution >= 4 is 85.0 Å². The summed E-state index contributed by atoms with van der Waals surface area (Å²) in [5, 5.41) is 7.54. The molecular weight excluding hydrogens is 1390 g/mol. The minimum atomic E-state index is -0.516. The molecule has 6 aliphatic rings. The zero-order valence-electron chi connectivity index (χ0n) is 65.0. The summed E-state index contributed by atoms with van der Waals surface area (Å²) in [7, 11) is 0. The number of para-hydroxylation sites is 1. The first-order valence-corrected chi connectivity index (χ1v) is 40.5. The van der Waals surface area contributed by atoms with E-state index in [2.05, 4.69) is 427 Å². The molecule has 0 N–H and O–H groups in total. The largest absolute Gasteiger partial charge is 0.337 e. The number of benzene rings is 15. The van der Waals surface area contributed by atoms with Crippen molar-refractivity contribution < 1.29 is 0 Å². The summed E-state index contributed by atoms with van der Waals surface area (Å²) in [4.78, 5) is 2.40. The van der Waals surface area contributed by atoms with E-state index in [0.717, 1.165) is 40.1 Å². The molecule has 22 rings (SSSR count). The molecule has 1 aliphatic heterocycles. The lowest BCUT2D eigenvalue weighted by Gasteiger charge is -2.30. The number of nitrogens with zero attached hydrogens (tertiary/aromatic N) is 2. The predicted octanol–water partition coefficient (Wildman–Crippen LogP) is 28.9. The van der Waals surface area contributed by atoms with Crippen LogP contribution in [0.2, 0.25) is 0 Å². The maximum Gasteiger partial charge on any atom is 0.0725 e. The van der Waals surface area contributed by atoms with E-state index in [1.54, 1.807) is 0 Å². The Kier molecular flexibility index (Phi) is 15.4. The fourth-order valence-corrected chi connectivity index (χ4v) is 20.4. The van der Waals surface area contributed by atoms with E-state index in [0.29, 0.717) is 6.54 Å². The number of hydrogen-bond donors (Lipinski definition) is 0. The molecule has 0 bridgehead atoms. The Morgan fingerprint density at radius 2 is 0.765 bits per heavy atom. The maximum atomic E-state index is 4.67. The van der Waals surface area contributed by atoms with Gasteiger partial charge in [0.2, 0.25) is 0 Å². The molecule has 1 aromatic heterocycles. The van der Waals surface area contributed by atoms with Crippen LogP contribution in [0, 0.1) is 0 Å². The quantitative estimate of drug-likeness (QED) is 0.109. The van der Waals surface area contributed by atoms with Crippen molar-refractivity contribution in [1.82, 2.24) is 4.57 Å². The van der Waals surface area contributed by atoms with Crippen LogP contribution in [0.25, 0.3) is 152 Å². The third kappa shape index (κ3) is 10.6. The fraction of sp³-hybridized carbons (Fsp3) is 0.0796. The highest BCUT2D eigenvalue weighted by Gasteiger charge is 2.52. The van der Waals surface area contributed by atoms with E-state index < -0.39 is 5.41 Å². The van der Waals surface area contributed by atoms with E-state index >= 15 is 0 Å². The Hall–Kier alpha value is -13.9. The number of anilines is 1. The highest BCUT2D eigenvalue weighted by molar-refractivity contribution is 6.16. The van der Waals surface area contributed by atoms with E-state index in [1.807, 2.05) is 0 Å². The van der Waals surface area contributed by atoms with Crippen molar-refractivity contribution in [3.63, 3.8) is 0 Å². The minimum absolute atomic E-state index is 0.223. The minimum Gasteiger partial charge on any atom is -0.337 e. The van der Waals surface area contributed by atoms with Crippen LogP contribution < -0.4 is 4.90 Å². The second kappa shape index (κ2) is 26.1. The van der Waals surface area contributed by atoms with Crippen molar-refractivity contribution in [3.8, 4) is 72.4 Å². The highest BCUT2D eigenvalue weighted by Crippen LogP contribution is 2.64. The van der Waals surface area contributed by atoms with Crippen LogP contribution in [0.1, 0.15) is 111 Å². The van der Waals surface area contributed by atoms with Crippen LogP contribution in [0.4, 0.5) is 5.69 Å². The number of allylic oxidation sites excluding steroid dienone is 8. The molecule has 2 nitrogen and oxygen atoms in total. The molecule has 16 aromatic rings. The molecule has 115 heavy (non-hydrogen) atoms. The van der Waals surface area contributed by atoms with E-state index in [4.69, 9.17) is 0 Å². The number of aromatic nitrogens is 1. The lowest BCUT2D eigenvalue weighted by molar-refractivity contribution is 0.660. The van der Waals surface area contributed by atoms with E-state index in [9.17, 15) is 0 Å². The van der Waals surface area contributed by atoms with Gasteiger partial charge in [-0.1, -0.05) is 350 Å². The summed E-state index contributed by atoms with van der Waals surface area (Å²) in [6, 6.07) is 113. The Bertz CT molecular complexity index is 7150. The Morgan fingerprint density at radius 1 is 0.313 bits per heavy atom. The average Bonchev–Trinajstić information content (AvgIpc) is 1.51. The molecule has 1 spiro atoms. The van der Waals surface area contributed by atoms with Gasteiger partial charge in [0.1, 0.15) is 0 Å². The van der Waals surface area contributed by atoms with Gasteiger partial charge in [0, 0.05) is 50.5 Å². The monoisotopic (exact) mass is 1470 g/mol. The number of fused-ring (bicyclic) bond motifs is 24. The van der Waals surface area contributed by atoms with Gasteiger partial charge in [0.25, 0.3) is 0 Å². The van der Waals surface area contributed by atoms with Gasteiger partial charge in [0.15, 0.2) is 0 Å². The Balaban J connectivity index is 0.552. The first kappa shape index (κ1) is 67.9. The lowest BCUT2D eigenvalue weighted by Crippen LogP contribution is -2.26. The normalized spacial score (nSPS) is 17.0. The summed E-state index contributed by atoms with van der Waals surface area (Å²) in [5.41, 5.74) is 40.9. The van der Waals surface area contributed by atoms with Crippen LogP contribution in [0.3, 0.4) is 0 Å². The van der Waals surface area contributed by atoms with Gasteiger partial charge >= 0.3 is 0 Å². The second-order valence-corrected chi connectivity index (χ2v) is 33.1. The third-order valence-corrected chi connectivity index (χ3v) is 26.1. The molecule has 5 aliphatic carbocycles. The van der Waals surface area contributed by atoms with Crippen molar-refractivity contribution in [3.05, 3.63) is 454 Å². The lowest BCUT2D eigenvalue weighted by atomic mass is 9.70. The van der Waals surface area contributed by atoms with Gasteiger partial charge in [-0.2, -0.15) is 0 Å². The number of rotatable bonds is 8. The zero-order valence-corrected chi connectivity index (χ0v) is 65.0. The second-order valence-electron chi connectivity index (χ2n) is 33.1. The first-order chi connectivity index (χ1) is 56.3. The SMILES string of the molecule is C=C1/C=C\C=C/Cc2ccccc2/C=C\1N1C/C=C\C=C/C(=C)c2cc(-c3ccc4c(c3)C(C)(C)c3cc(/C=C/c5ccc6c(c5)C5(c7ccccc7-c7ccccc75)c5cc(/C=C/c7ccc8c(c7)C(C)(C)c7cc(-c9ccc%10c(c9)c9ccccc9n%10-c9cc%10ccccc%10c%10ccccc9%10)ccc7-8)ccc5-6)ccc3-4)ccc21. The van der Waals surface area contributed by atoms with Crippen molar-refractivity contribution in [1.29, 1.82) is 0 Å². The van der Waals surface area contributed by atoms with Gasteiger partial charge in [-0.05, 0) is 245 Å². The van der Waals surface area contributed by atoms with Crippen molar-refractivity contribution in [2.45, 2.75) is 50.4 Å². The van der Waals surface area contributed by atoms with Crippen LogP contribution in [0.15, 0.2) is 370 Å². The Labute approximate surface area is 673 Å². The third-order valence-electron chi connectivity index (χ3n) is 26.1. The summed E-state index contributed by atoms with van der Waals surface area (Å²) in [6.07, 6.45) is 29.7. The van der Waals surface area contributed by atoms with E-state index in [1.165, 1.54) is 188 Å². The van der Waals surface area contributed by atoms with Crippen LogP contribution in [0.5, 0.6) is 0 Å². The van der Waals surface area contributed by atoms with Gasteiger partial charge < -0.3 is 9.47 Å². The molecular formula is C113H82N2. The smallest absolute Gasteiger partial charge is 0.0725 e. The van der Waals surface area contributed by atoms with Gasteiger partial charge in [-0.15, -0.1) is 0 Å². The topological polar surface area (TPSA) is 8.17 Å². The Morgan fingerprint density at radius 3 is 1.40 bits per heavy atom. The first-order valence-electron chi connectivity index (χ1n) is 40.5. The molecule has 0 saturated heterocycles. The van der Waals surface area contributed by atoms with Gasteiger partial charge in [-0.25, -0.2) is 0 Å². The predicted molar refractivity (Wildman–Crippen MR) is 489 cm³/mol. The standard InChI is InChI=1S/C113H82N2/c1-71-25-10-8-24-60-114(109-69-78-29-13-12-28-77(78)27-11-7-9-26-72(109)2)106-58-50-79(65-96(71)106)81-48-56-90-88-52-44-73(61-100(88)111(3,4)102(90)67-81)40-42-75-46-54-92-93-55-47-76(64-105(93)113(104(92)63-75)98-37-21-18-33-86(98)87-34-19-22-38-99(87)113)43-41-74-45-53-89-91-57-49-82(68-103(91)112(5,6)101(89)62-74)80-51-59-108-97(66-80)95-36-20-23-39-107(95)115(108)110-70-83-30-14-15-31-84(83)85-32-16-17-35-94(85)110/h7-26,28-59,61-70H,1-2,27,60H2,3-6H3/b11-7-,24-8-,25-10-,26-9-,42-40+,43-41+,109-69+. The molecule has 0 unspecified atom stereocenters. The summed E-state index contributed by atoms with van der Waals surface area (Å²) >= 11 is 0. The van der Waals surface area contributed by atoms with E-state index in [-0.39, 0.29) is 10.8 Å². The fourth-order valence-electron chi connectivity index (χ4n) is 20.4. The van der Waals surface area contributed by atoms with Crippen LogP contribution >= 0.6 is 0 Å². The molecule has 0 saturated carbocycles. The van der Waals surface area contributed by atoms with Crippen LogP contribution in [-0.2, 0) is 22.7 Å². The molecule has 2 heterocycles. The molecule has 2 heteroatoms. The summed E-state index contributed by atoms with van der Waals surface area (Å²) < 4.78 is 2.48. The zero-order chi connectivity index (χ0) is 77.0. The average molecular weight is 1470 g/mol. The summed E-state index contributed by atoms with van der Waals surface area (Å²) in [5.74, 6) is 0. The van der Waals surface area contributed by atoms with Gasteiger partial charge in [-0.3, -0.25) is 0 Å². The molecule has 0 radical (unpaired) electrons. The molecule has 0 amide bonds. The molecule has 0 fully saturated rings. The van der Waals surface area contributed by atoms with Crippen molar-refractivity contribution in [2.75, 3.05) is 11.4 Å². The van der Waals surface area contributed by atoms with Crippen molar-refractivity contribution in [2.24, 2.45) is 0 Å². The number of hydrogen-bond acceptors (Lipinski definition) is 1. The van der Waals surface area contributed by atoms with Crippen LogP contribution in [-0.4, -0.2) is 11.1 Å². The van der Waals surface area contributed by atoms with Gasteiger partial charge in [0.05, 0.1) is 22.1 Å².